The van der Waals surface area contributed by atoms with Crippen molar-refractivity contribution in [1.29, 1.82) is 0 Å². The lowest BCUT2D eigenvalue weighted by molar-refractivity contribution is 0.282. The molecule has 2 N–H and O–H groups in total. The van der Waals surface area contributed by atoms with Crippen LogP contribution in [0.3, 0.4) is 0 Å². The van der Waals surface area contributed by atoms with Crippen LogP contribution in [0.15, 0.2) is 30.3 Å². The average Bonchev–Trinajstić information content (AvgIpc) is 2.36. The molecule has 0 heterocycles. The Labute approximate surface area is 109 Å². The smallest absolute Gasteiger partial charge is 0.152 e. The van der Waals surface area contributed by atoms with Crippen LogP contribution in [-0.2, 0) is 9.84 Å². The zero-order valence-electron chi connectivity index (χ0n) is 10.7. The predicted octanol–water partition coefficient (Wildman–Crippen LogP) is 1.67. The van der Waals surface area contributed by atoms with Gasteiger partial charge in [0.1, 0.15) is 0 Å². The minimum absolute atomic E-state index is 0.0294. The van der Waals surface area contributed by atoms with Crippen molar-refractivity contribution in [2.24, 2.45) is 0 Å². The lowest BCUT2D eigenvalue weighted by Crippen LogP contribution is -2.33. The second-order valence-electron chi connectivity index (χ2n) is 4.36. The third-order valence-corrected chi connectivity index (χ3v) is 4.45. The van der Waals surface area contributed by atoms with E-state index in [9.17, 15) is 13.5 Å². The van der Waals surface area contributed by atoms with E-state index in [4.69, 9.17) is 0 Å². The van der Waals surface area contributed by atoms with Gasteiger partial charge in [0.25, 0.3) is 0 Å². The van der Waals surface area contributed by atoms with Crippen molar-refractivity contribution >= 4 is 15.5 Å². The quantitative estimate of drug-likeness (QED) is 0.755. The summed E-state index contributed by atoms with van der Waals surface area (Å²) in [5.41, 5.74) is 0.822. The number of rotatable bonds is 8. The highest BCUT2D eigenvalue weighted by atomic mass is 32.2. The number of aliphatic hydroxyl groups is 1. The fourth-order valence-corrected chi connectivity index (χ4v) is 3.36. The first kappa shape index (κ1) is 15.0. The summed E-state index contributed by atoms with van der Waals surface area (Å²) in [6, 6.07) is 8.86. The average molecular weight is 271 g/mol. The minimum atomic E-state index is -3.10. The van der Waals surface area contributed by atoms with Gasteiger partial charge >= 0.3 is 0 Å². The van der Waals surface area contributed by atoms with Crippen LogP contribution in [0.2, 0.25) is 0 Å². The Morgan fingerprint density at radius 3 is 2.50 bits per heavy atom. The summed E-state index contributed by atoms with van der Waals surface area (Å²) in [4.78, 5) is 0. The van der Waals surface area contributed by atoms with Crippen molar-refractivity contribution in [2.45, 2.75) is 25.8 Å². The molecule has 1 unspecified atom stereocenters. The Morgan fingerprint density at radius 1 is 1.28 bits per heavy atom. The van der Waals surface area contributed by atoms with Crippen molar-refractivity contribution in [3.63, 3.8) is 0 Å². The molecule has 0 fully saturated rings. The monoisotopic (exact) mass is 271 g/mol. The van der Waals surface area contributed by atoms with E-state index in [2.05, 4.69) is 5.32 Å². The molecule has 0 aliphatic carbocycles. The Hall–Kier alpha value is -1.07. The molecule has 0 radical (unpaired) electrons. The fourth-order valence-electron chi connectivity index (χ4n) is 1.66. The molecule has 102 valence electrons. The third-order valence-electron chi connectivity index (χ3n) is 2.63. The Morgan fingerprint density at radius 2 is 1.94 bits per heavy atom. The number of nitrogens with one attached hydrogen (secondary N) is 1. The van der Waals surface area contributed by atoms with Gasteiger partial charge in [0.15, 0.2) is 9.84 Å². The second-order valence-corrected chi connectivity index (χ2v) is 6.59. The normalized spacial score (nSPS) is 13.2. The SMILES string of the molecule is CCCCS(=O)(=O)CC(CO)Nc1ccccc1. The number of unbranched alkanes of at least 4 members (excludes halogenated alkanes) is 1. The molecule has 0 aliphatic rings. The van der Waals surface area contributed by atoms with Crippen molar-refractivity contribution < 1.29 is 13.5 Å². The summed E-state index contributed by atoms with van der Waals surface area (Å²) < 4.78 is 23.6. The van der Waals surface area contributed by atoms with Crippen LogP contribution in [0.25, 0.3) is 0 Å². The number of benzene rings is 1. The minimum Gasteiger partial charge on any atom is -0.394 e. The molecule has 18 heavy (non-hydrogen) atoms. The fraction of sp³-hybridized carbons (Fsp3) is 0.538. The van der Waals surface area contributed by atoms with E-state index in [0.717, 1.165) is 12.1 Å². The third kappa shape index (κ3) is 5.51. The highest BCUT2D eigenvalue weighted by Crippen LogP contribution is 2.09. The molecule has 1 atom stereocenters. The first-order valence-corrected chi connectivity index (χ1v) is 8.02. The van der Waals surface area contributed by atoms with Crippen LogP contribution in [0.4, 0.5) is 5.69 Å². The van der Waals surface area contributed by atoms with E-state index in [1.807, 2.05) is 37.3 Å². The molecule has 1 rings (SSSR count). The molecular formula is C13H21NO3S. The molecule has 4 nitrogen and oxygen atoms in total. The van der Waals surface area contributed by atoms with Gasteiger partial charge in [-0.05, 0) is 18.6 Å². The predicted molar refractivity (Wildman–Crippen MR) is 74.5 cm³/mol. The lowest BCUT2D eigenvalue weighted by Gasteiger charge is -2.17. The van der Waals surface area contributed by atoms with Crippen molar-refractivity contribution in [3.8, 4) is 0 Å². The molecule has 1 aromatic carbocycles. The summed E-state index contributed by atoms with van der Waals surface area (Å²) in [5, 5.41) is 12.3. The molecule has 0 saturated heterocycles. The molecule has 0 spiro atoms. The summed E-state index contributed by atoms with van der Waals surface area (Å²) in [5.74, 6) is 0.162. The second kappa shape index (κ2) is 7.38. The van der Waals surface area contributed by atoms with Gasteiger partial charge in [-0.25, -0.2) is 8.42 Å². The maximum Gasteiger partial charge on any atom is 0.152 e. The topological polar surface area (TPSA) is 66.4 Å². The van der Waals surface area contributed by atoms with E-state index in [0.29, 0.717) is 6.42 Å². The molecular weight excluding hydrogens is 250 g/mol. The molecule has 0 bridgehead atoms. The zero-order valence-corrected chi connectivity index (χ0v) is 11.5. The summed E-state index contributed by atoms with van der Waals surface area (Å²) in [6.45, 7) is 1.77. The van der Waals surface area contributed by atoms with E-state index in [1.54, 1.807) is 0 Å². The molecule has 5 heteroatoms. The van der Waals surface area contributed by atoms with Gasteiger partial charge in [0, 0.05) is 5.69 Å². The summed E-state index contributed by atoms with van der Waals surface area (Å²) in [7, 11) is -3.10. The van der Waals surface area contributed by atoms with E-state index in [-0.39, 0.29) is 18.1 Å². The maximum absolute atomic E-state index is 11.8. The van der Waals surface area contributed by atoms with Gasteiger partial charge in [-0.15, -0.1) is 0 Å². The Kier molecular flexibility index (Phi) is 6.15. The number of anilines is 1. The molecule has 0 aliphatic heterocycles. The standard InChI is InChI=1S/C13H21NO3S/c1-2-3-9-18(16,17)11-13(10-15)14-12-7-5-4-6-8-12/h4-8,13-15H,2-3,9-11H2,1H3. The van der Waals surface area contributed by atoms with Gasteiger partial charge in [0.05, 0.1) is 24.2 Å². The van der Waals surface area contributed by atoms with Crippen molar-refractivity contribution in [3.05, 3.63) is 30.3 Å². The number of hydrogen-bond donors (Lipinski definition) is 2. The van der Waals surface area contributed by atoms with Crippen LogP contribution in [0, 0.1) is 0 Å². The summed E-state index contributed by atoms with van der Waals surface area (Å²) >= 11 is 0. The number of hydrogen-bond acceptors (Lipinski definition) is 4. The van der Waals surface area contributed by atoms with Gasteiger partial charge in [-0.3, -0.25) is 0 Å². The van der Waals surface area contributed by atoms with Crippen LogP contribution in [0.1, 0.15) is 19.8 Å². The van der Waals surface area contributed by atoms with Crippen LogP contribution < -0.4 is 5.32 Å². The largest absolute Gasteiger partial charge is 0.394 e. The van der Waals surface area contributed by atoms with Crippen molar-refractivity contribution in [2.75, 3.05) is 23.4 Å². The molecule has 1 aromatic rings. The van der Waals surface area contributed by atoms with Gasteiger partial charge < -0.3 is 10.4 Å². The maximum atomic E-state index is 11.8. The summed E-state index contributed by atoms with van der Waals surface area (Å²) in [6.07, 6.45) is 1.53. The number of para-hydroxylation sites is 1. The molecule has 0 saturated carbocycles. The van der Waals surface area contributed by atoms with Crippen molar-refractivity contribution in [1.82, 2.24) is 0 Å². The lowest BCUT2D eigenvalue weighted by atomic mass is 10.3. The number of aliphatic hydroxyl groups excluding tert-OH is 1. The van der Waals surface area contributed by atoms with Gasteiger partial charge in [-0.1, -0.05) is 31.5 Å². The van der Waals surface area contributed by atoms with Gasteiger partial charge in [-0.2, -0.15) is 0 Å². The van der Waals surface area contributed by atoms with E-state index < -0.39 is 15.9 Å². The highest BCUT2D eigenvalue weighted by molar-refractivity contribution is 7.91. The Bertz CT molecular complexity index is 431. The highest BCUT2D eigenvalue weighted by Gasteiger charge is 2.18. The molecule has 0 amide bonds. The first-order valence-electron chi connectivity index (χ1n) is 6.20. The van der Waals surface area contributed by atoms with Crippen LogP contribution in [-0.4, -0.2) is 37.7 Å². The van der Waals surface area contributed by atoms with E-state index in [1.165, 1.54) is 0 Å². The van der Waals surface area contributed by atoms with Gasteiger partial charge in [0.2, 0.25) is 0 Å². The van der Waals surface area contributed by atoms with Crippen LogP contribution >= 0.6 is 0 Å². The zero-order chi connectivity index (χ0) is 13.4. The number of sulfone groups is 1. The first-order chi connectivity index (χ1) is 8.57. The van der Waals surface area contributed by atoms with Crippen LogP contribution in [0.5, 0.6) is 0 Å². The van der Waals surface area contributed by atoms with E-state index >= 15 is 0 Å². The molecule has 0 aromatic heterocycles. The Balaban J connectivity index is 2.57.